The minimum absolute atomic E-state index is 0.245. The van der Waals surface area contributed by atoms with Crippen LogP contribution in [0.5, 0.6) is 0 Å². The summed E-state index contributed by atoms with van der Waals surface area (Å²) in [6, 6.07) is 0. The van der Waals surface area contributed by atoms with E-state index in [1.807, 2.05) is 13.8 Å². The van der Waals surface area contributed by atoms with Crippen molar-refractivity contribution in [2.75, 3.05) is 39.6 Å². The summed E-state index contributed by atoms with van der Waals surface area (Å²) in [6.45, 7) is 30.2. The maximum atomic E-state index is 8.90. The molecular weight excluding hydrogens is 677 g/mol. The summed E-state index contributed by atoms with van der Waals surface area (Å²) in [5.74, 6) is 4.35. The van der Waals surface area contributed by atoms with Gasteiger partial charge in [-0.3, -0.25) is 0 Å². The van der Waals surface area contributed by atoms with E-state index >= 15 is 0 Å². The Morgan fingerprint density at radius 3 is 1.30 bits per heavy atom. The van der Waals surface area contributed by atoms with Crippen molar-refractivity contribution in [1.82, 2.24) is 0 Å². The molecule has 8 rings (SSSR count). The van der Waals surface area contributed by atoms with Crippen LogP contribution >= 0.6 is 0 Å². The second-order valence-electron chi connectivity index (χ2n) is 20.1. The van der Waals surface area contributed by atoms with Gasteiger partial charge < -0.3 is 33.5 Å². The molecule has 11 unspecified atom stereocenters. The van der Waals surface area contributed by atoms with Gasteiger partial charge in [0.15, 0.2) is 0 Å². The Balaban J connectivity index is 0.000000176. The number of epoxide rings is 3. The minimum atomic E-state index is -0.345. The van der Waals surface area contributed by atoms with Crippen molar-refractivity contribution in [3.63, 3.8) is 0 Å². The van der Waals surface area contributed by atoms with Crippen LogP contribution in [0.15, 0.2) is 0 Å². The monoisotopic (exact) mass is 767 g/mol. The fourth-order valence-electron chi connectivity index (χ4n) is 8.59. The van der Waals surface area contributed by atoms with Gasteiger partial charge in [0.05, 0.1) is 69.2 Å². The first kappa shape index (κ1) is 48.1. The van der Waals surface area contributed by atoms with Crippen LogP contribution in [0, 0.1) is 39.9 Å². The lowest BCUT2D eigenvalue weighted by molar-refractivity contribution is 0.00781. The molecule has 0 amide bonds. The molecule has 3 heterocycles. The van der Waals surface area contributed by atoms with E-state index < -0.39 is 0 Å². The summed E-state index contributed by atoms with van der Waals surface area (Å²) in [7, 11) is 0. The predicted molar refractivity (Wildman–Crippen MR) is 223 cm³/mol. The fourth-order valence-corrected chi connectivity index (χ4v) is 8.59. The van der Waals surface area contributed by atoms with Crippen LogP contribution in [-0.4, -0.2) is 87.5 Å². The Kier molecular flexibility index (Phi) is 20.8. The number of fused-ring (bicyclic) bond motifs is 9. The molecule has 54 heavy (non-hydrogen) atoms. The lowest BCUT2D eigenvalue weighted by Crippen LogP contribution is -2.22. The zero-order valence-electron chi connectivity index (χ0n) is 37.6. The lowest BCUT2D eigenvalue weighted by Gasteiger charge is -2.25. The van der Waals surface area contributed by atoms with Crippen molar-refractivity contribution in [1.29, 1.82) is 0 Å². The molecule has 11 atom stereocenters. The molecule has 0 aromatic rings. The van der Waals surface area contributed by atoms with Crippen LogP contribution in [0.4, 0.5) is 0 Å². The molecule has 8 aliphatic rings. The van der Waals surface area contributed by atoms with Gasteiger partial charge in [-0.15, -0.1) is 0 Å². The highest BCUT2D eigenvalue weighted by molar-refractivity contribution is 5.12. The summed E-state index contributed by atoms with van der Waals surface area (Å²) in [4.78, 5) is 0. The van der Waals surface area contributed by atoms with Crippen molar-refractivity contribution in [3.05, 3.63) is 0 Å². The third kappa shape index (κ3) is 17.7. The van der Waals surface area contributed by atoms with Crippen LogP contribution in [0.3, 0.4) is 0 Å². The molecule has 0 radical (unpaired) electrons. The molecule has 8 fully saturated rings. The van der Waals surface area contributed by atoms with Crippen LogP contribution in [-0.2, 0) is 28.4 Å². The van der Waals surface area contributed by atoms with Gasteiger partial charge in [-0.1, -0.05) is 88.0 Å². The Labute approximate surface area is 334 Å². The van der Waals surface area contributed by atoms with E-state index in [2.05, 4.69) is 62.3 Å². The van der Waals surface area contributed by atoms with Crippen molar-refractivity contribution >= 4 is 0 Å². The molecule has 1 N–H and O–H groups in total. The summed E-state index contributed by atoms with van der Waals surface area (Å²) in [5, 5.41) is 8.90. The van der Waals surface area contributed by atoms with E-state index in [1.54, 1.807) is 19.8 Å². The Hall–Kier alpha value is -0.280. The molecule has 7 nitrogen and oxygen atoms in total. The quantitative estimate of drug-likeness (QED) is 0.187. The number of aliphatic hydroxyl groups is 1. The summed E-state index contributed by atoms with van der Waals surface area (Å²) < 4.78 is 32.1. The highest BCUT2D eigenvalue weighted by atomic mass is 16.6. The second kappa shape index (κ2) is 23.3. The van der Waals surface area contributed by atoms with E-state index in [4.69, 9.17) is 33.5 Å². The van der Waals surface area contributed by atoms with E-state index in [9.17, 15) is 0 Å². The second-order valence-corrected chi connectivity index (χ2v) is 20.1. The van der Waals surface area contributed by atoms with Gasteiger partial charge in [0.25, 0.3) is 0 Å². The van der Waals surface area contributed by atoms with Crippen LogP contribution < -0.4 is 0 Å². The molecule has 320 valence electrons. The maximum absolute atomic E-state index is 8.90. The zero-order valence-corrected chi connectivity index (χ0v) is 37.6. The molecule has 0 aromatic heterocycles. The highest BCUT2D eigenvalue weighted by Gasteiger charge is 2.64. The lowest BCUT2D eigenvalue weighted by atomic mass is 9.81. The predicted octanol–water partition coefficient (Wildman–Crippen LogP) is 11.2. The molecule has 7 heteroatoms. The zero-order chi connectivity index (χ0) is 39.9. The maximum Gasteiger partial charge on any atom is 0.0875 e. The number of ether oxygens (including phenoxy) is 6. The average Bonchev–Trinajstić information content (AvgIpc) is 4.12. The first-order chi connectivity index (χ1) is 25.6. The van der Waals surface area contributed by atoms with Crippen molar-refractivity contribution in [2.45, 2.75) is 222 Å². The summed E-state index contributed by atoms with van der Waals surface area (Å²) in [5.41, 5.74) is 0.987. The van der Waals surface area contributed by atoms with Gasteiger partial charge in [-0.2, -0.15) is 0 Å². The normalized spacial score (nSPS) is 33.7. The van der Waals surface area contributed by atoms with Gasteiger partial charge in [-0.25, -0.2) is 0 Å². The smallest absolute Gasteiger partial charge is 0.0875 e. The molecular formula is C47H90O7. The van der Waals surface area contributed by atoms with Gasteiger partial charge in [-0.05, 0) is 131 Å². The molecule has 5 aliphatic carbocycles. The van der Waals surface area contributed by atoms with Crippen molar-refractivity contribution in [3.8, 4) is 0 Å². The third-order valence-electron chi connectivity index (χ3n) is 13.6. The Morgan fingerprint density at radius 1 is 0.537 bits per heavy atom. The Morgan fingerprint density at radius 2 is 0.944 bits per heavy atom. The summed E-state index contributed by atoms with van der Waals surface area (Å²) >= 11 is 0. The molecule has 0 aromatic carbocycles. The number of aliphatic hydroxyl groups excluding tert-OH is 1. The van der Waals surface area contributed by atoms with Crippen molar-refractivity contribution in [2.24, 2.45) is 39.9 Å². The van der Waals surface area contributed by atoms with Crippen LogP contribution in [0.2, 0.25) is 0 Å². The van der Waals surface area contributed by atoms with Crippen LogP contribution in [0.1, 0.15) is 179 Å². The van der Waals surface area contributed by atoms with E-state index in [-0.39, 0.29) is 11.5 Å². The highest BCUT2D eigenvalue weighted by Crippen LogP contribution is 2.64. The topological polar surface area (TPSA) is 85.5 Å². The number of rotatable bonds is 13. The van der Waals surface area contributed by atoms with Gasteiger partial charge in [0.2, 0.25) is 0 Å². The van der Waals surface area contributed by atoms with E-state index in [0.717, 1.165) is 75.3 Å². The van der Waals surface area contributed by atoms with Gasteiger partial charge in [0, 0.05) is 13.2 Å². The fraction of sp³-hybridized carbons (Fsp3) is 1.00. The third-order valence-corrected chi connectivity index (χ3v) is 13.6. The first-order valence-electron chi connectivity index (χ1n) is 23.0. The van der Waals surface area contributed by atoms with Crippen LogP contribution in [0.25, 0.3) is 0 Å². The molecule has 2 bridgehead atoms. The van der Waals surface area contributed by atoms with Gasteiger partial charge >= 0.3 is 0 Å². The average molecular weight is 767 g/mol. The number of hydrogen-bond acceptors (Lipinski definition) is 7. The standard InChI is InChI=1S/C10H14O.C9H20O2.2C8H18O.2C6H10O/c1-2-6-3-5(1)7-4-8-10(11-8)9(6)7;1-5-9(3,4)7-11-6-8(2)10;2*1-5-8(3,4)7-9-6-2;2*1-2-4-6-5(3-1)7-6/h5-10H,1-4H2;8,10H,5-7H2,1-4H3;2*5-7H2,1-4H3;2*5-6H,1-4H2. The largest absolute Gasteiger partial charge is 0.391 e. The Bertz CT molecular complexity index is 935. The molecule has 5 saturated carbocycles. The molecule has 3 saturated heterocycles. The van der Waals surface area contributed by atoms with E-state index in [0.29, 0.717) is 41.9 Å². The molecule has 0 spiro atoms. The molecule has 3 aliphatic heterocycles. The van der Waals surface area contributed by atoms with Crippen molar-refractivity contribution < 1.29 is 33.5 Å². The SMILES string of the molecule is C1CC2CC1C1CC3OC3C21.C1CCC2OC2C1.C1CCC2OC2C1.CCC(C)(C)COCC(C)O.CCOCC(C)(C)CC.CCOCC(C)(C)CC. The first-order valence-corrected chi connectivity index (χ1v) is 23.0. The summed E-state index contributed by atoms with van der Waals surface area (Å²) in [6.07, 6.45) is 24.4. The van der Waals surface area contributed by atoms with E-state index in [1.165, 1.54) is 77.0 Å². The number of hydrogen-bond donors (Lipinski definition) is 1. The van der Waals surface area contributed by atoms with Gasteiger partial charge in [0.1, 0.15) is 0 Å². The minimum Gasteiger partial charge on any atom is -0.391 e.